The van der Waals surface area contributed by atoms with E-state index in [0.717, 1.165) is 46.4 Å². The maximum absolute atomic E-state index is 14.1. The van der Waals surface area contributed by atoms with Crippen LogP contribution in [0.5, 0.6) is 0 Å². The van der Waals surface area contributed by atoms with Crippen molar-refractivity contribution in [3.05, 3.63) is 47.9 Å². The molecule has 2 aliphatic rings. The fourth-order valence-electron chi connectivity index (χ4n) is 6.86. The molecule has 5 rings (SSSR count). The third kappa shape index (κ3) is 5.27. The van der Waals surface area contributed by atoms with E-state index in [1.54, 1.807) is 6.26 Å². The molecule has 4 heterocycles. The molecule has 3 atom stereocenters. The van der Waals surface area contributed by atoms with Crippen LogP contribution in [0.3, 0.4) is 0 Å². The highest BCUT2D eigenvalue weighted by Gasteiger charge is 2.57. The van der Waals surface area contributed by atoms with E-state index in [4.69, 9.17) is 4.42 Å². The zero-order valence-corrected chi connectivity index (χ0v) is 25.0. The molecule has 2 aliphatic heterocycles. The first-order valence-corrected chi connectivity index (χ1v) is 14.9. The standard InChI is InChI=1S/C32H43N5O4/c1-6-36(7-2)31(40)25-18-22(20-28(38)33-14-9-15-35(4)5)30(39)37-16-13-24-23-12-11-21(27-10-8-17-41-27)19-26(23)34-29(24)32(25,37)3/h8,10-12,17,19,22,25,34H,6-7,9,13-16,18,20H2,1-5H3,(H,33,38)/t22-,25-,32+/m1/s1. The second-order valence-corrected chi connectivity index (χ2v) is 11.8. The van der Waals surface area contributed by atoms with Gasteiger partial charge in [-0.05, 0) is 84.4 Å². The van der Waals surface area contributed by atoms with Crippen LogP contribution in [-0.2, 0) is 26.3 Å². The summed E-state index contributed by atoms with van der Waals surface area (Å²) in [5, 5.41) is 4.09. The summed E-state index contributed by atoms with van der Waals surface area (Å²) in [7, 11) is 4.00. The second-order valence-electron chi connectivity index (χ2n) is 11.8. The van der Waals surface area contributed by atoms with Crippen molar-refractivity contribution in [2.75, 3.05) is 46.8 Å². The van der Waals surface area contributed by atoms with E-state index < -0.39 is 17.4 Å². The molecule has 0 bridgehead atoms. The van der Waals surface area contributed by atoms with Crippen LogP contribution in [0.1, 0.15) is 51.3 Å². The number of fused-ring (bicyclic) bond motifs is 5. The number of hydrogen-bond donors (Lipinski definition) is 2. The van der Waals surface area contributed by atoms with E-state index in [-0.39, 0.29) is 24.1 Å². The van der Waals surface area contributed by atoms with Gasteiger partial charge < -0.3 is 29.4 Å². The molecular formula is C32H43N5O4. The summed E-state index contributed by atoms with van der Waals surface area (Å²) in [6.45, 7) is 9.16. The van der Waals surface area contributed by atoms with Crippen molar-refractivity contribution in [1.29, 1.82) is 0 Å². The summed E-state index contributed by atoms with van der Waals surface area (Å²) in [4.78, 5) is 50.5. The first kappa shape index (κ1) is 28.9. The van der Waals surface area contributed by atoms with E-state index in [1.807, 2.05) is 56.8 Å². The molecule has 3 amide bonds. The normalized spacial score (nSPS) is 22.1. The van der Waals surface area contributed by atoms with Gasteiger partial charge in [-0.2, -0.15) is 0 Å². The Morgan fingerprint density at radius 2 is 1.98 bits per heavy atom. The Bertz CT molecular complexity index is 1410. The third-order valence-electron chi connectivity index (χ3n) is 9.09. The largest absolute Gasteiger partial charge is 0.464 e. The summed E-state index contributed by atoms with van der Waals surface area (Å²) in [5.41, 5.74) is 3.18. The number of furan rings is 1. The first-order valence-electron chi connectivity index (χ1n) is 14.9. The summed E-state index contributed by atoms with van der Waals surface area (Å²) < 4.78 is 5.62. The molecule has 9 nitrogen and oxygen atoms in total. The maximum atomic E-state index is 14.1. The molecule has 0 aliphatic carbocycles. The molecule has 0 saturated carbocycles. The molecule has 0 radical (unpaired) electrons. The van der Waals surface area contributed by atoms with Gasteiger partial charge in [-0.25, -0.2) is 0 Å². The van der Waals surface area contributed by atoms with Crippen LogP contribution in [0, 0.1) is 11.8 Å². The molecule has 1 aromatic carbocycles. The maximum Gasteiger partial charge on any atom is 0.228 e. The summed E-state index contributed by atoms with van der Waals surface area (Å²) in [6, 6.07) is 10.0. The van der Waals surface area contributed by atoms with Gasteiger partial charge in [0.15, 0.2) is 0 Å². The monoisotopic (exact) mass is 561 g/mol. The van der Waals surface area contributed by atoms with Crippen LogP contribution < -0.4 is 5.32 Å². The summed E-state index contributed by atoms with van der Waals surface area (Å²) in [6.07, 6.45) is 3.64. The number of piperidine rings is 1. The Balaban J connectivity index is 1.49. The highest BCUT2D eigenvalue weighted by Crippen LogP contribution is 2.50. The quantitative estimate of drug-likeness (QED) is 0.365. The van der Waals surface area contributed by atoms with Crippen molar-refractivity contribution in [2.24, 2.45) is 11.8 Å². The molecule has 2 N–H and O–H groups in total. The number of nitrogens with zero attached hydrogens (tertiary/aromatic N) is 3. The average Bonchev–Trinajstić information content (AvgIpc) is 3.62. The lowest BCUT2D eigenvalue weighted by Gasteiger charge is -2.54. The fraction of sp³-hybridized carbons (Fsp3) is 0.531. The smallest absolute Gasteiger partial charge is 0.228 e. The highest BCUT2D eigenvalue weighted by atomic mass is 16.3. The number of hydrogen-bond acceptors (Lipinski definition) is 5. The van der Waals surface area contributed by atoms with Crippen molar-refractivity contribution >= 4 is 28.6 Å². The lowest BCUT2D eigenvalue weighted by Crippen LogP contribution is -2.64. The molecule has 1 saturated heterocycles. The van der Waals surface area contributed by atoms with Crippen LogP contribution >= 0.6 is 0 Å². The van der Waals surface area contributed by atoms with Crippen LogP contribution in [0.2, 0.25) is 0 Å². The average molecular weight is 562 g/mol. The van der Waals surface area contributed by atoms with Crippen LogP contribution in [0.25, 0.3) is 22.2 Å². The highest BCUT2D eigenvalue weighted by molar-refractivity contribution is 5.93. The van der Waals surface area contributed by atoms with Gasteiger partial charge in [0.1, 0.15) is 5.76 Å². The van der Waals surface area contributed by atoms with Crippen molar-refractivity contribution in [1.82, 2.24) is 25.0 Å². The van der Waals surface area contributed by atoms with Crippen molar-refractivity contribution < 1.29 is 18.8 Å². The van der Waals surface area contributed by atoms with Gasteiger partial charge in [-0.15, -0.1) is 0 Å². The van der Waals surface area contributed by atoms with Gasteiger partial charge >= 0.3 is 0 Å². The van der Waals surface area contributed by atoms with Crippen molar-refractivity contribution in [2.45, 2.75) is 52.0 Å². The topological polar surface area (TPSA) is 102 Å². The number of rotatable bonds is 10. The summed E-state index contributed by atoms with van der Waals surface area (Å²) >= 11 is 0. The SMILES string of the molecule is CCN(CC)C(=O)[C@H]1C[C@H](CC(=O)NCCCN(C)C)C(=O)N2CCc3c([nH]c4cc(-c5ccco5)ccc34)[C@]12C. The molecule has 3 aromatic rings. The molecule has 2 aromatic heterocycles. The third-order valence-corrected chi connectivity index (χ3v) is 9.09. The molecule has 1 fully saturated rings. The molecular weight excluding hydrogens is 518 g/mol. The Morgan fingerprint density at radius 1 is 1.20 bits per heavy atom. The van der Waals surface area contributed by atoms with Gasteiger partial charge in [0.2, 0.25) is 17.7 Å². The molecule has 41 heavy (non-hydrogen) atoms. The number of aromatic nitrogens is 1. The zero-order chi connectivity index (χ0) is 29.3. The van der Waals surface area contributed by atoms with Crippen LogP contribution in [0.4, 0.5) is 0 Å². The minimum Gasteiger partial charge on any atom is -0.464 e. The predicted molar refractivity (Wildman–Crippen MR) is 159 cm³/mol. The zero-order valence-electron chi connectivity index (χ0n) is 25.0. The Kier molecular flexibility index (Phi) is 8.27. The first-order chi connectivity index (χ1) is 19.7. The Labute approximate surface area is 242 Å². The van der Waals surface area contributed by atoms with Gasteiger partial charge in [0.05, 0.1) is 17.7 Å². The molecule has 0 spiro atoms. The second kappa shape index (κ2) is 11.7. The minimum atomic E-state index is -0.840. The van der Waals surface area contributed by atoms with E-state index in [2.05, 4.69) is 33.4 Å². The van der Waals surface area contributed by atoms with Gasteiger partial charge in [0.25, 0.3) is 0 Å². The van der Waals surface area contributed by atoms with Crippen LogP contribution in [-0.4, -0.2) is 84.2 Å². The Hall–Kier alpha value is -3.59. The van der Waals surface area contributed by atoms with Gasteiger partial charge in [0, 0.05) is 60.7 Å². The predicted octanol–water partition coefficient (Wildman–Crippen LogP) is 3.99. The number of aromatic amines is 1. The number of H-pyrrole nitrogens is 1. The van der Waals surface area contributed by atoms with Crippen LogP contribution in [0.15, 0.2) is 41.0 Å². The molecule has 9 heteroatoms. The molecule has 220 valence electrons. The number of nitrogens with one attached hydrogen (secondary N) is 2. The van der Waals surface area contributed by atoms with E-state index >= 15 is 0 Å². The van der Waals surface area contributed by atoms with E-state index in [0.29, 0.717) is 39.0 Å². The van der Waals surface area contributed by atoms with Gasteiger partial charge in [-0.1, -0.05) is 12.1 Å². The van der Waals surface area contributed by atoms with E-state index in [9.17, 15) is 14.4 Å². The minimum absolute atomic E-state index is 0.0363. The van der Waals surface area contributed by atoms with E-state index in [1.165, 1.54) is 0 Å². The molecule has 0 unspecified atom stereocenters. The Morgan fingerprint density at radius 3 is 2.66 bits per heavy atom. The fourth-order valence-corrected chi connectivity index (χ4v) is 6.86. The number of amides is 3. The number of carbonyl (C=O) groups excluding carboxylic acids is 3. The lowest BCUT2D eigenvalue weighted by atomic mass is 9.67. The number of carbonyl (C=O) groups is 3. The van der Waals surface area contributed by atoms with Crippen molar-refractivity contribution in [3.63, 3.8) is 0 Å². The van der Waals surface area contributed by atoms with Gasteiger partial charge in [-0.3, -0.25) is 14.4 Å². The lowest BCUT2D eigenvalue weighted by molar-refractivity contribution is -0.164. The number of benzene rings is 1. The summed E-state index contributed by atoms with van der Waals surface area (Å²) in [5.74, 6) is -0.346. The van der Waals surface area contributed by atoms with Crippen molar-refractivity contribution in [3.8, 4) is 11.3 Å².